The molecule has 0 aliphatic rings. The standard InChI is InChI=1S/C18H21FN2OS/c1-13-10-14(2)12-16(11-13)20-18(23)21(3)8-9-22-17-6-4-15(19)5-7-17/h4-7,10-12H,8-9H2,1-3H3,(H,20,23). The van der Waals surface area contributed by atoms with Crippen molar-refractivity contribution >= 4 is 23.0 Å². The summed E-state index contributed by atoms with van der Waals surface area (Å²) in [4.78, 5) is 1.91. The molecule has 0 heterocycles. The van der Waals surface area contributed by atoms with Crippen LogP contribution < -0.4 is 10.1 Å². The fourth-order valence-corrected chi connectivity index (χ4v) is 2.41. The molecule has 2 rings (SSSR count). The van der Waals surface area contributed by atoms with Crippen molar-refractivity contribution < 1.29 is 9.13 Å². The van der Waals surface area contributed by atoms with Crippen LogP contribution in [-0.2, 0) is 0 Å². The Labute approximate surface area is 142 Å². The molecule has 0 radical (unpaired) electrons. The highest BCUT2D eigenvalue weighted by Gasteiger charge is 2.06. The van der Waals surface area contributed by atoms with Crippen LogP contribution in [0, 0.1) is 19.7 Å². The lowest BCUT2D eigenvalue weighted by Gasteiger charge is -2.21. The average molecular weight is 332 g/mol. The quantitative estimate of drug-likeness (QED) is 0.831. The molecule has 5 heteroatoms. The zero-order valence-electron chi connectivity index (χ0n) is 13.6. The molecule has 122 valence electrons. The topological polar surface area (TPSA) is 24.5 Å². The van der Waals surface area contributed by atoms with Gasteiger partial charge in [-0.15, -0.1) is 0 Å². The zero-order chi connectivity index (χ0) is 16.8. The van der Waals surface area contributed by atoms with Gasteiger partial charge in [-0.25, -0.2) is 4.39 Å². The summed E-state index contributed by atoms with van der Waals surface area (Å²) >= 11 is 5.40. The minimum atomic E-state index is -0.270. The van der Waals surface area contributed by atoms with Crippen molar-refractivity contribution in [2.45, 2.75) is 13.8 Å². The molecular weight excluding hydrogens is 311 g/mol. The van der Waals surface area contributed by atoms with E-state index in [2.05, 4.69) is 37.4 Å². The predicted molar refractivity (Wildman–Crippen MR) is 96.7 cm³/mol. The van der Waals surface area contributed by atoms with Gasteiger partial charge < -0.3 is 15.0 Å². The molecule has 0 aliphatic heterocycles. The summed E-state index contributed by atoms with van der Waals surface area (Å²) in [5, 5.41) is 3.87. The number of thiocarbonyl (C=S) groups is 1. The SMILES string of the molecule is Cc1cc(C)cc(NC(=S)N(C)CCOc2ccc(F)cc2)c1. The van der Waals surface area contributed by atoms with Crippen LogP contribution in [0.5, 0.6) is 5.75 Å². The first kappa shape index (κ1) is 17.2. The van der Waals surface area contributed by atoms with Crippen LogP contribution in [0.2, 0.25) is 0 Å². The number of halogens is 1. The van der Waals surface area contributed by atoms with E-state index in [1.165, 1.54) is 23.3 Å². The Bertz CT molecular complexity index is 653. The van der Waals surface area contributed by atoms with Crippen molar-refractivity contribution in [2.75, 3.05) is 25.5 Å². The van der Waals surface area contributed by atoms with E-state index in [0.29, 0.717) is 24.0 Å². The summed E-state index contributed by atoms with van der Waals surface area (Å²) in [6.07, 6.45) is 0. The molecule has 0 amide bonds. The second-order valence-electron chi connectivity index (χ2n) is 5.53. The van der Waals surface area contributed by atoms with Crippen molar-refractivity contribution in [1.82, 2.24) is 4.90 Å². The van der Waals surface area contributed by atoms with Gasteiger partial charge in [0.1, 0.15) is 18.2 Å². The third-order valence-electron chi connectivity index (χ3n) is 3.33. The Kier molecular flexibility index (Phi) is 5.93. The van der Waals surface area contributed by atoms with Crippen molar-refractivity contribution in [3.05, 3.63) is 59.4 Å². The van der Waals surface area contributed by atoms with Crippen LogP contribution in [0.1, 0.15) is 11.1 Å². The molecule has 2 aromatic carbocycles. The Morgan fingerprint density at radius 1 is 1.13 bits per heavy atom. The normalized spacial score (nSPS) is 10.3. The first-order valence-corrected chi connectivity index (χ1v) is 7.83. The molecule has 2 aromatic rings. The fourth-order valence-electron chi connectivity index (χ4n) is 2.20. The van der Waals surface area contributed by atoms with Gasteiger partial charge in [0.05, 0.1) is 6.54 Å². The molecule has 23 heavy (non-hydrogen) atoms. The van der Waals surface area contributed by atoms with Crippen LogP contribution in [0.3, 0.4) is 0 Å². The lowest BCUT2D eigenvalue weighted by atomic mass is 10.1. The molecular formula is C18H21FN2OS. The maximum Gasteiger partial charge on any atom is 0.173 e. The molecule has 0 spiro atoms. The van der Waals surface area contributed by atoms with Gasteiger partial charge in [0.2, 0.25) is 0 Å². The molecule has 0 fully saturated rings. The zero-order valence-corrected chi connectivity index (χ0v) is 14.4. The molecule has 0 saturated carbocycles. The van der Waals surface area contributed by atoms with Gasteiger partial charge in [0.25, 0.3) is 0 Å². The molecule has 0 atom stereocenters. The van der Waals surface area contributed by atoms with Crippen molar-refractivity contribution in [2.24, 2.45) is 0 Å². The van der Waals surface area contributed by atoms with Crippen LogP contribution in [0.25, 0.3) is 0 Å². The number of nitrogens with one attached hydrogen (secondary N) is 1. The van der Waals surface area contributed by atoms with Crippen LogP contribution in [0.15, 0.2) is 42.5 Å². The maximum atomic E-state index is 12.8. The fraction of sp³-hybridized carbons (Fsp3) is 0.278. The van der Waals surface area contributed by atoms with Gasteiger partial charge in [-0.05, 0) is 73.6 Å². The highest BCUT2D eigenvalue weighted by Crippen LogP contribution is 2.14. The Balaban J connectivity index is 1.81. The summed E-state index contributed by atoms with van der Waals surface area (Å²) in [6, 6.07) is 12.2. The summed E-state index contributed by atoms with van der Waals surface area (Å²) in [7, 11) is 1.91. The maximum absolute atomic E-state index is 12.8. The van der Waals surface area contributed by atoms with E-state index in [0.717, 1.165) is 5.69 Å². The Morgan fingerprint density at radius 3 is 2.35 bits per heavy atom. The van der Waals surface area contributed by atoms with Crippen molar-refractivity contribution in [3.8, 4) is 5.75 Å². The largest absolute Gasteiger partial charge is 0.492 e. The second kappa shape index (κ2) is 7.92. The minimum Gasteiger partial charge on any atom is -0.492 e. The van der Waals surface area contributed by atoms with Crippen LogP contribution in [-0.4, -0.2) is 30.2 Å². The van der Waals surface area contributed by atoms with Crippen molar-refractivity contribution in [1.29, 1.82) is 0 Å². The third-order valence-corrected chi connectivity index (χ3v) is 3.74. The molecule has 1 N–H and O–H groups in total. The Hall–Kier alpha value is -2.14. The molecule has 0 bridgehead atoms. The monoisotopic (exact) mass is 332 g/mol. The van der Waals surface area contributed by atoms with E-state index in [-0.39, 0.29) is 5.82 Å². The number of aryl methyl sites for hydroxylation is 2. The highest BCUT2D eigenvalue weighted by atomic mass is 32.1. The number of rotatable bonds is 5. The number of nitrogens with zero attached hydrogens (tertiary/aromatic N) is 1. The van der Waals surface area contributed by atoms with E-state index in [1.54, 1.807) is 12.1 Å². The number of hydrogen-bond acceptors (Lipinski definition) is 2. The molecule has 0 aromatic heterocycles. The van der Waals surface area contributed by atoms with E-state index in [9.17, 15) is 4.39 Å². The average Bonchev–Trinajstić information content (AvgIpc) is 2.48. The predicted octanol–water partition coefficient (Wildman–Crippen LogP) is 4.15. The molecule has 0 aliphatic carbocycles. The molecule has 0 unspecified atom stereocenters. The molecule has 3 nitrogen and oxygen atoms in total. The molecule has 0 saturated heterocycles. The Morgan fingerprint density at radius 2 is 1.74 bits per heavy atom. The second-order valence-corrected chi connectivity index (χ2v) is 5.92. The van der Waals surface area contributed by atoms with Crippen LogP contribution in [0.4, 0.5) is 10.1 Å². The van der Waals surface area contributed by atoms with E-state index in [1.807, 2.05) is 11.9 Å². The van der Waals surface area contributed by atoms with Crippen molar-refractivity contribution in [3.63, 3.8) is 0 Å². The van der Waals surface area contributed by atoms with E-state index >= 15 is 0 Å². The van der Waals surface area contributed by atoms with Gasteiger partial charge in [0, 0.05) is 12.7 Å². The van der Waals surface area contributed by atoms with Gasteiger partial charge in [-0.3, -0.25) is 0 Å². The summed E-state index contributed by atoms with van der Waals surface area (Å²) < 4.78 is 18.4. The first-order chi connectivity index (χ1) is 10.9. The lowest BCUT2D eigenvalue weighted by Crippen LogP contribution is -2.34. The first-order valence-electron chi connectivity index (χ1n) is 7.43. The smallest absolute Gasteiger partial charge is 0.173 e. The van der Waals surface area contributed by atoms with Gasteiger partial charge >= 0.3 is 0 Å². The van der Waals surface area contributed by atoms with Crippen LogP contribution >= 0.6 is 12.2 Å². The third kappa shape index (κ3) is 5.53. The number of anilines is 1. The van der Waals surface area contributed by atoms with Gasteiger partial charge in [0.15, 0.2) is 5.11 Å². The summed E-state index contributed by atoms with van der Waals surface area (Å²) in [5.41, 5.74) is 3.37. The van der Waals surface area contributed by atoms with Gasteiger partial charge in [-0.2, -0.15) is 0 Å². The van der Waals surface area contributed by atoms with E-state index in [4.69, 9.17) is 17.0 Å². The summed E-state index contributed by atoms with van der Waals surface area (Å²) in [6.45, 7) is 5.22. The number of ether oxygens (including phenoxy) is 1. The summed E-state index contributed by atoms with van der Waals surface area (Å²) in [5.74, 6) is 0.376. The lowest BCUT2D eigenvalue weighted by molar-refractivity contribution is 0.285. The number of benzene rings is 2. The number of likely N-dealkylation sites (N-methyl/N-ethyl adjacent to an activating group) is 1. The van der Waals surface area contributed by atoms with Gasteiger partial charge in [-0.1, -0.05) is 6.07 Å². The number of hydrogen-bond donors (Lipinski definition) is 1. The highest BCUT2D eigenvalue weighted by molar-refractivity contribution is 7.80. The minimum absolute atomic E-state index is 0.270. The van der Waals surface area contributed by atoms with E-state index < -0.39 is 0 Å².